The van der Waals surface area contributed by atoms with Gasteiger partial charge >= 0.3 is 0 Å². The van der Waals surface area contributed by atoms with Gasteiger partial charge < -0.3 is 20.1 Å². The second-order valence-corrected chi connectivity index (χ2v) is 7.17. The van der Waals surface area contributed by atoms with Gasteiger partial charge in [0, 0.05) is 31.5 Å². The van der Waals surface area contributed by atoms with Crippen molar-refractivity contribution in [2.75, 3.05) is 6.54 Å². The lowest BCUT2D eigenvalue weighted by atomic mass is 10.0. The number of rotatable bonds is 7. The summed E-state index contributed by atoms with van der Waals surface area (Å²) in [5, 5.41) is 10.9. The average molecular weight is 353 g/mol. The summed E-state index contributed by atoms with van der Waals surface area (Å²) < 4.78 is 5.24. The molecule has 134 valence electrons. The molecule has 1 aliphatic heterocycles. The molecule has 1 aromatic heterocycles. The number of carbonyl (C=O) groups is 1. The van der Waals surface area contributed by atoms with Crippen LogP contribution in [0.3, 0.4) is 0 Å². The van der Waals surface area contributed by atoms with Crippen LogP contribution in [0, 0.1) is 5.92 Å². The molecule has 2 atom stereocenters. The van der Waals surface area contributed by atoms with Gasteiger partial charge in [-0.1, -0.05) is 19.0 Å². The van der Waals surface area contributed by atoms with Gasteiger partial charge in [0.2, 0.25) is 11.8 Å². The molecule has 24 heavy (non-hydrogen) atoms. The number of hydrogen-bond acceptors (Lipinski definition) is 5. The van der Waals surface area contributed by atoms with E-state index in [1.165, 1.54) is 0 Å². The minimum absolute atomic E-state index is 0.0667. The molecule has 1 saturated heterocycles. The predicted octanol–water partition coefficient (Wildman–Crippen LogP) is 1.63. The Bertz CT molecular complexity index is 575. The minimum Gasteiger partial charge on any atom is -0.360 e. The van der Waals surface area contributed by atoms with Crippen LogP contribution in [-0.4, -0.2) is 44.7 Å². The quantitative estimate of drug-likeness (QED) is 0.721. The molecule has 1 fully saturated rings. The standard InChI is InChI=1S/C16H27N5O2S/c1-5-21(9-13-19-14(23-20-13)6-10(2)3)15(22)8-12-7-11(4)17-16(24)18-12/h10-12H,5-9H2,1-4H3,(H2,17,18,24). The van der Waals surface area contributed by atoms with E-state index in [0.717, 1.165) is 12.8 Å². The molecule has 1 aliphatic rings. The number of nitrogens with zero attached hydrogens (tertiary/aromatic N) is 3. The maximum Gasteiger partial charge on any atom is 0.226 e. The van der Waals surface area contributed by atoms with E-state index in [0.29, 0.717) is 42.3 Å². The molecule has 2 rings (SSSR count). The summed E-state index contributed by atoms with van der Waals surface area (Å²) in [6.07, 6.45) is 2.03. The lowest BCUT2D eigenvalue weighted by Gasteiger charge is -2.32. The molecular weight excluding hydrogens is 326 g/mol. The van der Waals surface area contributed by atoms with Gasteiger partial charge in [-0.15, -0.1) is 0 Å². The highest BCUT2D eigenvalue weighted by atomic mass is 32.1. The smallest absolute Gasteiger partial charge is 0.226 e. The summed E-state index contributed by atoms with van der Waals surface area (Å²) in [6, 6.07) is 0.347. The molecule has 0 spiro atoms. The molecule has 0 bridgehead atoms. The molecule has 1 aromatic rings. The number of thiocarbonyl (C=S) groups is 1. The fraction of sp³-hybridized carbons (Fsp3) is 0.750. The van der Waals surface area contributed by atoms with Gasteiger partial charge in [0.25, 0.3) is 0 Å². The van der Waals surface area contributed by atoms with E-state index in [9.17, 15) is 4.79 Å². The van der Waals surface area contributed by atoms with E-state index < -0.39 is 0 Å². The van der Waals surface area contributed by atoms with Crippen LogP contribution >= 0.6 is 12.2 Å². The van der Waals surface area contributed by atoms with Crippen molar-refractivity contribution in [2.24, 2.45) is 5.92 Å². The van der Waals surface area contributed by atoms with Gasteiger partial charge in [0.05, 0.1) is 6.54 Å². The Balaban J connectivity index is 1.91. The number of aromatic nitrogens is 2. The van der Waals surface area contributed by atoms with Crippen molar-refractivity contribution in [1.29, 1.82) is 0 Å². The Morgan fingerprint density at radius 2 is 2.21 bits per heavy atom. The Kier molecular flexibility index (Phi) is 6.53. The fourth-order valence-electron chi connectivity index (χ4n) is 2.80. The van der Waals surface area contributed by atoms with Gasteiger partial charge in [0.15, 0.2) is 10.9 Å². The Morgan fingerprint density at radius 1 is 1.46 bits per heavy atom. The third kappa shape index (κ3) is 5.43. The molecule has 8 heteroatoms. The number of carbonyl (C=O) groups excluding carboxylic acids is 1. The van der Waals surface area contributed by atoms with Crippen LogP contribution in [0.4, 0.5) is 0 Å². The Morgan fingerprint density at radius 3 is 2.83 bits per heavy atom. The van der Waals surface area contributed by atoms with Gasteiger partial charge in [-0.25, -0.2) is 0 Å². The van der Waals surface area contributed by atoms with Crippen LogP contribution in [0.5, 0.6) is 0 Å². The number of amides is 1. The van der Waals surface area contributed by atoms with E-state index in [1.54, 1.807) is 4.90 Å². The average Bonchev–Trinajstić information content (AvgIpc) is 2.89. The molecule has 0 aromatic carbocycles. The van der Waals surface area contributed by atoms with E-state index in [4.69, 9.17) is 16.7 Å². The third-order valence-corrected chi connectivity index (χ3v) is 4.17. The Hall–Kier alpha value is -1.70. The lowest BCUT2D eigenvalue weighted by Crippen LogP contribution is -2.54. The maximum absolute atomic E-state index is 12.6. The summed E-state index contributed by atoms with van der Waals surface area (Å²) >= 11 is 5.17. The second-order valence-electron chi connectivity index (χ2n) is 6.77. The molecule has 2 heterocycles. The third-order valence-electron chi connectivity index (χ3n) is 3.93. The summed E-state index contributed by atoms with van der Waals surface area (Å²) in [6.45, 7) is 9.21. The van der Waals surface area contributed by atoms with Crippen molar-refractivity contribution in [3.63, 3.8) is 0 Å². The molecule has 2 unspecified atom stereocenters. The summed E-state index contributed by atoms with van der Waals surface area (Å²) in [5.74, 6) is 1.71. The SMILES string of the molecule is CCN(Cc1noc(CC(C)C)n1)C(=O)CC1CC(C)NC(=S)N1. The van der Waals surface area contributed by atoms with Crippen LogP contribution in [0.1, 0.15) is 52.3 Å². The fourth-order valence-corrected chi connectivity index (χ4v) is 3.17. The molecule has 0 saturated carbocycles. The van der Waals surface area contributed by atoms with Crippen LogP contribution in [0.2, 0.25) is 0 Å². The van der Waals surface area contributed by atoms with Gasteiger partial charge in [-0.2, -0.15) is 4.98 Å². The molecular formula is C16H27N5O2S. The highest BCUT2D eigenvalue weighted by Gasteiger charge is 2.25. The monoisotopic (exact) mass is 353 g/mol. The predicted molar refractivity (Wildman–Crippen MR) is 95.3 cm³/mol. The first-order valence-corrected chi connectivity index (χ1v) is 8.94. The normalized spacial score (nSPS) is 20.6. The zero-order valence-corrected chi connectivity index (χ0v) is 15.7. The molecule has 7 nitrogen and oxygen atoms in total. The second kappa shape index (κ2) is 8.41. The number of hydrogen-bond donors (Lipinski definition) is 2. The highest BCUT2D eigenvalue weighted by molar-refractivity contribution is 7.80. The van der Waals surface area contributed by atoms with E-state index in [1.807, 2.05) is 6.92 Å². The van der Waals surface area contributed by atoms with Crippen LogP contribution in [0.25, 0.3) is 0 Å². The number of nitrogens with one attached hydrogen (secondary N) is 2. The van der Waals surface area contributed by atoms with Gasteiger partial charge in [-0.05, 0) is 38.4 Å². The first-order chi connectivity index (χ1) is 11.4. The lowest BCUT2D eigenvalue weighted by molar-refractivity contribution is -0.132. The van der Waals surface area contributed by atoms with E-state index in [-0.39, 0.29) is 18.0 Å². The van der Waals surface area contributed by atoms with Crippen molar-refractivity contribution in [1.82, 2.24) is 25.7 Å². The molecule has 2 N–H and O–H groups in total. The zero-order chi connectivity index (χ0) is 17.7. The highest BCUT2D eigenvalue weighted by Crippen LogP contribution is 2.12. The van der Waals surface area contributed by atoms with Gasteiger partial charge in [0.1, 0.15) is 0 Å². The molecule has 0 aliphatic carbocycles. The van der Waals surface area contributed by atoms with Crippen molar-refractivity contribution >= 4 is 23.2 Å². The van der Waals surface area contributed by atoms with E-state index in [2.05, 4.69) is 41.5 Å². The Labute approximate surface area is 148 Å². The van der Waals surface area contributed by atoms with Crippen molar-refractivity contribution in [2.45, 2.75) is 65.6 Å². The molecule has 0 radical (unpaired) electrons. The minimum atomic E-state index is 0.0667. The summed E-state index contributed by atoms with van der Waals surface area (Å²) in [7, 11) is 0. The van der Waals surface area contributed by atoms with Crippen LogP contribution < -0.4 is 10.6 Å². The van der Waals surface area contributed by atoms with Crippen LogP contribution in [0.15, 0.2) is 4.52 Å². The van der Waals surface area contributed by atoms with E-state index >= 15 is 0 Å². The summed E-state index contributed by atoms with van der Waals surface area (Å²) in [5.41, 5.74) is 0. The topological polar surface area (TPSA) is 83.3 Å². The molecule has 1 amide bonds. The zero-order valence-electron chi connectivity index (χ0n) is 14.8. The summed E-state index contributed by atoms with van der Waals surface area (Å²) in [4.78, 5) is 18.7. The maximum atomic E-state index is 12.6. The van der Waals surface area contributed by atoms with Crippen molar-refractivity contribution in [3.8, 4) is 0 Å². The van der Waals surface area contributed by atoms with Gasteiger partial charge in [-0.3, -0.25) is 4.79 Å². The van der Waals surface area contributed by atoms with Crippen molar-refractivity contribution in [3.05, 3.63) is 11.7 Å². The largest absolute Gasteiger partial charge is 0.360 e. The first kappa shape index (κ1) is 18.6. The van der Waals surface area contributed by atoms with Crippen LogP contribution in [-0.2, 0) is 17.8 Å². The first-order valence-electron chi connectivity index (χ1n) is 8.53. The van der Waals surface area contributed by atoms with Crippen molar-refractivity contribution < 1.29 is 9.32 Å².